The van der Waals surface area contributed by atoms with E-state index in [1.165, 1.54) is 5.56 Å². The lowest BCUT2D eigenvalue weighted by molar-refractivity contribution is 0.0239. The molecular weight excluding hydrogens is 381 g/mol. The molecule has 146 valence electrons. The lowest BCUT2D eigenvalue weighted by Crippen LogP contribution is -2.43. The van der Waals surface area contributed by atoms with E-state index in [9.17, 15) is 5.11 Å². The number of piperidine rings is 1. The maximum atomic E-state index is 10.5. The van der Waals surface area contributed by atoms with Crippen molar-refractivity contribution in [1.29, 1.82) is 0 Å². The molecule has 2 unspecified atom stereocenters. The number of rotatable bonds is 7. The summed E-state index contributed by atoms with van der Waals surface area (Å²) in [4.78, 5) is 2.41. The molecule has 1 N–H and O–H groups in total. The van der Waals surface area contributed by atoms with E-state index in [1.807, 2.05) is 25.1 Å². The van der Waals surface area contributed by atoms with Crippen LogP contribution in [0.5, 0.6) is 5.75 Å². The number of halogens is 2. The van der Waals surface area contributed by atoms with Crippen LogP contribution in [-0.4, -0.2) is 35.8 Å². The highest BCUT2D eigenvalue weighted by atomic mass is 35.5. The second-order valence-corrected chi connectivity index (χ2v) is 8.09. The highest BCUT2D eigenvalue weighted by molar-refractivity contribution is 6.37. The molecule has 3 nitrogen and oxygen atoms in total. The molecule has 3 rings (SSSR count). The third-order valence-electron chi connectivity index (χ3n) is 5.03. The zero-order valence-electron chi connectivity index (χ0n) is 15.7. The molecule has 0 aromatic heterocycles. The Bertz CT molecular complexity index is 715. The van der Waals surface area contributed by atoms with Gasteiger partial charge < -0.3 is 9.84 Å². The Morgan fingerprint density at radius 1 is 1.11 bits per heavy atom. The topological polar surface area (TPSA) is 32.7 Å². The normalized spacial score (nSPS) is 20.6. The molecule has 0 saturated carbocycles. The van der Waals surface area contributed by atoms with Crippen molar-refractivity contribution in [3.8, 4) is 5.75 Å². The molecule has 2 aromatic rings. The molecule has 1 saturated heterocycles. The summed E-state index contributed by atoms with van der Waals surface area (Å²) < 4.78 is 5.64. The lowest BCUT2D eigenvalue weighted by atomic mass is 9.88. The number of hydrogen-bond acceptors (Lipinski definition) is 3. The van der Waals surface area contributed by atoms with Gasteiger partial charge in [0.25, 0.3) is 0 Å². The molecule has 27 heavy (non-hydrogen) atoms. The number of aliphatic hydroxyl groups excluding tert-OH is 1. The maximum absolute atomic E-state index is 10.5. The summed E-state index contributed by atoms with van der Waals surface area (Å²) in [5, 5.41) is 11.6. The average molecular weight is 408 g/mol. The average Bonchev–Trinajstić information content (AvgIpc) is 2.65. The number of ether oxygens (including phenoxy) is 1. The molecule has 1 aliphatic heterocycles. The minimum Gasteiger partial charge on any atom is -0.490 e. The first kappa shape index (κ1) is 20.5. The predicted octanol–water partition coefficient (Wildman–Crippen LogP) is 5.21. The lowest BCUT2D eigenvalue weighted by Gasteiger charge is -2.36. The second kappa shape index (κ2) is 9.79. The minimum absolute atomic E-state index is 0.164. The zero-order valence-corrected chi connectivity index (χ0v) is 17.2. The van der Waals surface area contributed by atoms with Gasteiger partial charge >= 0.3 is 0 Å². The molecule has 0 aliphatic carbocycles. The Kier molecular flexibility index (Phi) is 7.42. The molecule has 0 spiro atoms. The molecule has 1 aliphatic rings. The van der Waals surface area contributed by atoms with E-state index in [0.29, 0.717) is 22.4 Å². The molecule has 0 bridgehead atoms. The van der Waals surface area contributed by atoms with Crippen LogP contribution in [0.1, 0.15) is 30.9 Å². The Morgan fingerprint density at radius 3 is 2.48 bits per heavy atom. The SMILES string of the molecule is CCCOc1c(Cl)cc(CC2CN(Cc3ccccc3)CCC2O)cc1Cl. The zero-order chi connectivity index (χ0) is 19.2. The summed E-state index contributed by atoms with van der Waals surface area (Å²) >= 11 is 12.8. The van der Waals surface area contributed by atoms with Crippen LogP contribution < -0.4 is 4.74 Å². The van der Waals surface area contributed by atoms with Crippen molar-refractivity contribution in [3.05, 3.63) is 63.6 Å². The van der Waals surface area contributed by atoms with Crippen molar-refractivity contribution in [1.82, 2.24) is 4.90 Å². The first-order chi connectivity index (χ1) is 13.1. The Labute approximate surface area is 171 Å². The van der Waals surface area contributed by atoms with Crippen LogP contribution in [0.4, 0.5) is 0 Å². The summed E-state index contributed by atoms with van der Waals surface area (Å²) in [6.45, 7) is 5.32. The van der Waals surface area contributed by atoms with Gasteiger partial charge in [0.1, 0.15) is 0 Å². The minimum atomic E-state index is -0.300. The molecule has 0 radical (unpaired) electrons. The first-order valence-corrected chi connectivity index (χ1v) is 10.4. The first-order valence-electron chi connectivity index (χ1n) is 9.62. The summed E-state index contributed by atoms with van der Waals surface area (Å²) in [6, 6.07) is 14.3. The van der Waals surface area contributed by atoms with E-state index in [2.05, 4.69) is 29.2 Å². The smallest absolute Gasteiger partial charge is 0.156 e. The van der Waals surface area contributed by atoms with Gasteiger partial charge in [-0.15, -0.1) is 0 Å². The van der Waals surface area contributed by atoms with Gasteiger partial charge in [-0.2, -0.15) is 0 Å². The molecule has 0 amide bonds. The van der Waals surface area contributed by atoms with Crippen molar-refractivity contribution in [3.63, 3.8) is 0 Å². The summed E-state index contributed by atoms with van der Waals surface area (Å²) in [6.07, 6.45) is 2.14. The molecule has 2 atom stereocenters. The Hall–Kier alpha value is -1.26. The Morgan fingerprint density at radius 2 is 1.81 bits per heavy atom. The van der Waals surface area contributed by atoms with Crippen molar-refractivity contribution in [2.75, 3.05) is 19.7 Å². The van der Waals surface area contributed by atoms with Gasteiger partial charge in [-0.05, 0) is 42.5 Å². The van der Waals surface area contributed by atoms with Crippen molar-refractivity contribution >= 4 is 23.2 Å². The summed E-state index contributed by atoms with van der Waals surface area (Å²) in [5.74, 6) is 0.718. The fourth-order valence-electron chi connectivity index (χ4n) is 3.66. The van der Waals surface area contributed by atoms with Crippen LogP contribution in [0.3, 0.4) is 0 Å². The molecule has 5 heteroatoms. The van der Waals surface area contributed by atoms with E-state index < -0.39 is 0 Å². The molecular formula is C22H27Cl2NO2. The summed E-state index contributed by atoms with van der Waals surface area (Å²) in [7, 11) is 0. The van der Waals surface area contributed by atoms with Crippen LogP contribution in [0, 0.1) is 5.92 Å². The van der Waals surface area contributed by atoms with E-state index in [0.717, 1.165) is 44.5 Å². The number of hydrogen-bond donors (Lipinski definition) is 1. The van der Waals surface area contributed by atoms with Crippen LogP contribution in [0.15, 0.2) is 42.5 Å². The van der Waals surface area contributed by atoms with Crippen LogP contribution in [0.25, 0.3) is 0 Å². The van der Waals surface area contributed by atoms with Gasteiger partial charge in [0.05, 0.1) is 22.8 Å². The summed E-state index contributed by atoms with van der Waals surface area (Å²) in [5.41, 5.74) is 2.34. The van der Waals surface area contributed by atoms with Gasteiger partial charge in [-0.1, -0.05) is 60.5 Å². The van der Waals surface area contributed by atoms with Gasteiger partial charge in [-0.3, -0.25) is 4.90 Å². The van der Waals surface area contributed by atoms with Crippen molar-refractivity contribution < 1.29 is 9.84 Å². The van der Waals surface area contributed by atoms with Gasteiger partial charge in [0.15, 0.2) is 5.75 Å². The number of aliphatic hydroxyl groups is 1. The molecule has 1 fully saturated rings. The predicted molar refractivity (Wildman–Crippen MR) is 112 cm³/mol. The van der Waals surface area contributed by atoms with Crippen LogP contribution in [-0.2, 0) is 13.0 Å². The van der Waals surface area contributed by atoms with E-state index in [-0.39, 0.29) is 12.0 Å². The fourth-order valence-corrected chi connectivity index (χ4v) is 4.30. The third-order valence-corrected chi connectivity index (χ3v) is 5.59. The third kappa shape index (κ3) is 5.61. The second-order valence-electron chi connectivity index (χ2n) is 7.28. The highest BCUT2D eigenvalue weighted by Crippen LogP contribution is 2.35. The molecule has 1 heterocycles. The maximum Gasteiger partial charge on any atom is 0.156 e. The van der Waals surface area contributed by atoms with Gasteiger partial charge in [-0.25, -0.2) is 0 Å². The van der Waals surface area contributed by atoms with Gasteiger partial charge in [0.2, 0.25) is 0 Å². The van der Waals surface area contributed by atoms with Crippen LogP contribution >= 0.6 is 23.2 Å². The fraction of sp³-hybridized carbons (Fsp3) is 0.455. The number of nitrogens with zero attached hydrogens (tertiary/aromatic N) is 1. The highest BCUT2D eigenvalue weighted by Gasteiger charge is 2.28. The van der Waals surface area contributed by atoms with E-state index >= 15 is 0 Å². The number of likely N-dealkylation sites (tertiary alicyclic amines) is 1. The Balaban J connectivity index is 1.66. The standard InChI is InChI=1S/C22H27Cl2NO2/c1-2-10-27-22-19(23)12-17(13-20(22)24)11-18-15-25(9-8-21(18)26)14-16-6-4-3-5-7-16/h3-7,12-13,18,21,26H,2,8-11,14-15H2,1H3. The monoisotopic (exact) mass is 407 g/mol. The van der Waals surface area contributed by atoms with Gasteiger partial charge in [0, 0.05) is 25.6 Å². The van der Waals surface area contributed by atoms with E-state index in [1.54, 1.807) is 0 Å². The van der Waals surface area contributed by atoms with Crippen molar-refractivity contribution in [2.24, 2.45) is 5.92 Å². The van der Waals surface area contributed by atoms with Crippen molar-refractivity contribution in [2.45, 2.75) is 38.8 Å². The van der Waals surface area contributed by atoms with E-state index in [4.69, 9.17) is 27.9 Å². The quantitative estimate of drug-likeness (QED) is 0.683. The van der Waals surface area contributed by atoms with Crippen LogP contribution in [0.2, 0.25) is 10.0 Å². The largest absolute Gasteiger partial charge is 0.490 e. The molecule has 2 aromatic carbocycles. The number of benzene rings is 2.